The average Bonchev–Trinajstić information content (AvgIpc) is 3.22. The molecule has 0 spiro atoms. The van der Waals surface area contributed by atoms with Gasteiger partial charge < -0.3 is 4.98 Å². The highest BCUT2D eigenvalue weighted by atomic mass is 15.2. The number of fused-ring (bicyclic) bond motifs is 1. The summed E-state index contributed by atoms with van der Waals surface area (Å²) in [7, 11) is 2.20. The molecule has 130 valence electrons. The molecule has 3 aromatic rings. The lowest BCUT2D eigenvalue weighted by atomic mass is 10.1. The number of para-hydroxylation sites is 2. The van der Waals surface area contributed by atoms with Crippen molar-refractivity contribution >= 4 is 11.0 Å². The first kappa shape index (κ1) is 16.3. The second-order valence-electron chi connectivity index (χ2n) is 7.15. The van der Waals surface area contributed by atoms with Gasteiger partial charge in [0.2, 0.25) is 0 Å². The van der Waals surface area contributed by atoms with Gasteiger partial charge in [-0.3, -0.25) is 9.80 Å². The van der Waals surface area contributed by atoms with Crippen molar-refractivity contribution in [1.82, 2.24) is 19.8 Å². The number of likely N-dealkylation sites (N-methyl/N-ethyl adjacent to an activating group) is 1. The number of nitrogens with zero attached hydrogens (tertiary/aromatic N) is 3. The lowest BCUT2D eigenvalue weighted by Gasteiger charge is -2.28. The van der Waals surface area contributed by atoms with E-state index in [2.05, 4.69) is 64.3 Å². The minimum Gasteiger partial charge on any atom is -0.341 e. The summed E-state index contributed by atoms with van der Waals surface area (Å²) in [5.41, 5.74) is 3.59. The van der Waals surface area contributed by atoms with Gasteiger partial charge in [0.1, 0.15) is 5.82 Å². The van der Waals surface area contributed by atoms with Crippen LogP contribution in [-0.2, 0) is 13.1 Å². The van der Waals surface area contributed by atoms with Gasteiger partial charge in [0.05, 0.1) is 17.6 Å². The Hall–Kier alpha value is -2.17. The van der Waals surface area contributed by atoms with E-state index in [0.717, 1.165) is 36.5 Å². The Balaban J connectivity index is 1.36. The minimum absolute atomic E-state index is 0.634. The zero-order valence-corrected chi connectivity index (χ0v) is 14.9. The predicted octanol–water partition coefficient (Wildman–Crippen LogP) is 3.66. The summed E-state index contributed by atoms with van der Waals surface area (Å²) in [6, 6.07) is 19.7. The van der Waals surface area contributed by atoms with E-state index in [-0.39, 0.29) is 0 Å². The van der Waals surface area contributed by atoms with Crippen LogP contribution in [0, 0.1) is 0 Å². The molecule has 0 unspecified atom stereocenters. The van der Waals surface area contributed by atoms with Crippen LogP contribution in [0.2, 0.25) is 0 Å². The molecule has 2 aromatic carbocycles. The Kier molecular flexibility index (Phi) is 4.81. The molecule has 4 nitrogen and oxygen atoms in total. The summed E-state index contributed by atoms with van der Waals surface area (Å²) in [6.07, 6.45) is 2.59. The normalized spacial score (nSPS) is 18.4. The highest BCUT2D eigenvalue weighted by Crippen LogP contribution is 2.21. The van der Waals surface area contributed by atoms with Gasteiger partial charge in [-0.15, -0.1) is 0 Å². The van der Waals surface area contributed by atoms with E-state index in [4.69, 9.17) is 4.98 Å². The third-order valence-corrected chi connectivity index (χ3v) is 5.11. The van der Waals surface area contributed by atoms with Crippen LogP contribution in [-0.4, -0.2) is 45.9 Å². The number of aromatic nitrogens is 2. The average molecular weight is 334 g/mol. The fourth-order valence-corrected chi connectivity index (χ4v) is 3.89. The first-order valence-corrected chi connectivity index (χ1v) is 9.18. The number of imidazole rings is 1. The van der Waals surface area contributed by atoms with Crippen molar-refractivity contribution in [2.45, 2.75) is 32.0 Å². The van der Waals surface area contributed by atoms with Crippen molar-refractivity contribution in [3.05, 3.63) is 66.0 Å². The lowest BCUT2D eigenvalue weighted by molar-refractivity contribution is 0.180. The number of nitrogens with one attached hydrogen (secondary N) is 1. The lowest BCUT2D eigenvalue weighted by Crippen LogP contribution is -2.38. The molecular formula is C21H26N4. The Morgan fingerprint density at radius 3 is 2.76 bits per heavy atom. The van der Waals surface area contributed by atoms with Crippen LogP contribution in [0.5, 0.6) is 0 Å². The monoisotopic (exact) mass is 334 g/mol. The van der Waals surface area contributed by atoms with Gasteiger partial charge in [0, 0.05) is 19.1 Å². The summed E-state index contributed by atoms with van der Waals surface area (Å²) in [5, 5.41) is 0. The van der Waals surface area contributed by atoms with Crippen LogP contribution in [0.3, 0.4) is 0 Å². The van der Waals surface area contributed by atoms with Crippen LogP contribution < -0.4 is 0 Å². The number of hydrogen-bond donors (Lipinski definition) is 1. The van der Waals surface area contributed by atoms with Crippen molar-refractivity contribution in [3.63, 3.8) is 0 Å². The van der Waals surface area contributed by atoms with Gasteiger partial charge in [-0.05, 0) is 44.1 Å². The number of likely N-dealkylation sites (tertiary alicyclic amines) is 1. The number of hydrogen-bond acceptors (Lipinski definition) is 3. The quantitative estimate of drug-likeness (QED) is 0.747. The van der Waals surface area contributed by atoms with Crippen LogP contribution in [0.1, 0.15) is 24.2 Å². The molecule has 1 aliphatic heterocycles. The molecule has 1 N–H and O–H groups in total. The summed E-state index contributed by atoms with van der Waals surface area (Å²) in [5.74, 6) is 1.05. The molecule has 25 heavy (non-hydrogen) atoms. The van der Waals surface area contributed by atoms with E-state index in [9.17, 15) is 0 Å². The summed E-state index contributed by atoms with van der Waals surface area (Å²) in [6.45, 7) is 4.22. The van der Waals surface area contributed by atoms with Crippen molar-refractivity contribution in [2.24, 2.45) is 0 Å². The maximum Gasteiger partial charge on any atom is 0.121 e. The Labute approximate surface area is 149 Å². The number of aromatic amines is 1. The molecule has 4 rings (SSSR count). The van der Waals surface area contributed by atoms with Gasteiger partial charge >= 0.3 is 0 Å². The minimum atomic E-state index is 0.634. The van der Waals surface area contributed by atoms with Gasteiger partial charge in [-0.25, -0.2) is 4.98 Å². The van der Waals surface area contributed by atoms with Gasteiger partial charge in [0.25, 0.3) is 0 Å². The Bertz CT molecular complexity index is 778. The molecule has 0 amide bonds. The molecule has 0 radical (unpaired) electrons. The number of rotatable bonds is 6. The first-order valence-electron chi connectivity index (χ1n) is 9.18. The number of benzene rings is 2. The molecule has 0 aliphatic carbocycles. The third kappa shape index (κ3) is 3.91. The third-order valence-electron chi connectivity index (χ3n) is 5.11. The molecule has 4 heteroatoms. The highest BCUT2D eigenvalue weighted by molar-refractivity contribution is 5.74. The highest BCUT2D eigenvalue weighted by Gasteiger charge is 2.25. The van der Waals surface area contributed by atoms with Crippen LogP contribution in [0.4, 0.5) is 0 Å². The van der Waals surface area contributed by atoms with Crippen molar-refractivity contribution in [3.8, 4) is 0 Å². The van der Waals surface area contributed by atoms with Gasteiger partial charge in [-0.2, -0.15) is 0 Å². The zero-order chi connectivity index (χ0) is 17.1. The summed E-state index contributed by atoms with van der Waals surface area (Å²) < 4.78 is 0. The van der Waals surface area contributed by atoms with Crippen molar-refractivity contribution in [2.75, 3.05) is 20.1 Å². The van der Waals surface area contributed by atoms with E-state index < -0.39 is 0 Å². The van der Waals surface area contributed by atoms with Crippen LogP contribution in [0.25, 0.3) is 11.0 Å². The van der Waals surface area contributed by atoms with Crippen LogP contribution in [0.15, 0.2) is 54.6 Å². The zero-order valence-electron chi connectivity index (χ0n) is 14.9. The van der Waals surface area contributed by atoms with E-state index in [1.165, 1.54) is 24.9 Å². The fourth-order valence-electron chi connectivity index (χ4n) is 3.89. The van der Waals surface area contributed by atoms with Gasteiger partial charge in [0.15, 0.2) is 0 Å². The summed E-state index contributed by atoms with van der Waals surface area (Å²) >= 11 is 0. The molecule has 1 atom stereocenters. The largest absolute Gasteiger partial charge is 0.341 e. The molecule has 0 bridgehead atoms. The second-order valence-corrected chi connectivity index (χ2v) is 7.15. The van der Waals surface area contributed by atoms with E-state index in [0.29, 0.717) is 6.04 Å². The molecular weight excluding hydrogens is 308 g/mol. The fraction of sp³-hybridized carbons (Fsp3) is 0.381. The SMILES string of the molecule is CN(Cc1nc2ccccc2[nH]1)C[C@H]1CCCN1Cc1ccccc1. The van der Waals surface area contributed by atoms with Crippen molar-refractivity contribution in [1.29, 1.82) is 0 Å². The number of H-pyrrole nitrogens is 1. The molecule has 1 fully saturated rings. The molecule has 1 saturated heterocycles. The molecule has 1 aliphatic rings. The Morgan fingerprint density at radius 2 is 1.92 bits per heavy atom. The second kappa shape index (κ2) is 7.38. The first-order chi connectivity index (χ1) is 12.3. The maximum absolute atomic E-state index is 4.70. The summed E-state index contributed by atoms with van der Waals surface area (Å²) in [4.78, 5) is 13.2. The van der Waals surface area contributed by atoms with E-state index in [1.807, 2.05) is 12.1 Å². The maximum atomic E-state index is 4.70. The predicted molar refractivity (Wildman–Crippen MR) is 102 cm³/mol. The molecule has 2 heterocycles. The standard InChI is InChI=1S/C21H26N4/c1-24(16-21-22-19-11-5-6-12-20(19)23-21)15-18-10-7-13-25(18)14-17-8-3-2-4-9-17/h2-6,8-9,11-12,18H,7,10,13-16H2,1H3,(H,22,23)/t18-/m1/s1. The van der Waals surface area contributed by atoms with Crippen molar-refractivity contribution < 1.29 is 0 Å². The smallest absolute Gasteiger partial charge is 0.121 e. The van der Waals surface area contributed by atoms with E-state index >= 15 is 0 Å². The Morgan fingerprint density at radius 1 is 1.12 bits per heavy atom. The van der Waals surface area contributed by atoms with Gasteiger partial charge in [-0.1, -0.05) is 42.5 Å². The molecule has 0 saturated carbocycles. The topological polar surface area (TPSA) is 35.2 Å². The van der Waals surface area contributed by atoms with E-state index in [1.54, 1.807) is 0 Å². The van der Waals surface area contributed by atoms with Crippen LogP contribution >= 0.6 is 0 Å². The molecule has 1 aromatic heterocycles.